The van der Waals surface area contributed by atoms with E-state index in [4.69, 9.17) is 11.6 Å². The second-order valence-electron chi connectivity index (χ2n) is 4.67. The summed E-state index contributed by atoms with van der Waals surface area (Å²) in [6.45, 7) is 1.98. The number of halogens is 1. The van der Waals surface area contributed by atoms with Gasteiger partial charge in [0.05, 0.1) is 0 Å². The molecule has 4 nitrogen and oxygen atoms in total. The van der Waals surface area contributed by atoms with E-state index in [0.29, 0.717) is 11.6 Å². The molecule has 0 unspecified atom stereocenters. The normalized spacial score (nSPS) is 14.5. The molecule has 1 saturated heterocycles. The minimum atomic E-state index is -0.230. The van der Waals surface area contributed by atoms with E-state index in [1.165, 1.54) is 0 Å². The second-order valence-corrected chi connectivity index (χ2v) is 5.10. The maximum absolute atomic E-state index is 11.8. The van der Waals surface area contributed by atoms with Crippen LogP contribution in [0.15, 0.2) is 24.3 Å². The molecule has 19 heavy (non-hydrogen) atoms. The lowest BCUT2D eigenvalue weighted by molar-refractivity contribution is -0.135. The third kappa shape index (κ3) is 4.24. The molecule has 1 fully saturated rings. The molecule has 1 aliphatic heterocycles. The zero-order valence-corrected chi connectivity index (χ0v) is 11.4. The number of carbonyl (C=O) groups is 2. The van der Waals surface area contributed by atoms with Crippen LogP contribution in [0.5, 0.6) is 0 Å². The van der Waals surface area contributed by atoms with E-state index in [9.17, 15) is 9.59 Å². The van der Waals surface area contributed by atoms with E-state index in [1.807, 2.05) is 12.1 Å². The van der Waals surface area contributed by atoms with Crippen molar-refractivity contribution in [2.45, 2.75) is 25.8 Å². The van der Waals surface area contributed by atoms with Gasteiger partial charge < -0.3 is 10.2 Å². The van der Waals surface area contributed by atoms with Gasteiger partial charge in [-0.1, -0.05) is 23.7 Å². The first-order valence-corrected chi connectivity index (χ1v) is 6.82. The van der Waals surface area contributed by atoms with Crippen molar-refractivity contribution in [1.82, 2.24) is 10.2 Å². The van der Waals surface area contributed by atoms with Crippen molar-refractivity contribution in [2.24, 2.45) is 0 Å². The summed E-state index contributed by atoms with van der Waals surface area (Å²) in [6, 6.07) is 7.26. The van der Waals surface area contributed by atoms with Gasteiger partial charge in [0, 0.05) is 24.7 Å². The Bertz CT molecular complexity index is 453. The maximum Gasteiger partial charge on any atom is 0.232 e. The van der Waals surface area contributed by atoms with Crippen LogP contribution in [0, 0.1) is 0 Å². The predicted molar refractivity (Wildman–Crippen MR) is 73.7 cm³/mol. The van der Waals surface area contributed by atoms with E-state index < -0.39 is 0 Å². The van der Waals surface area contributed by atoms with Gasteiger partial charge in [-0.25, -0.2) is 0 Å². The summed E-state index contributed by atoms with van der Waals surface area (Å²) in [4.78, 5) is 25.2. The fourth-order valence-electron chi connectivity index (χ4n) is 2.08. The number of rotatable bonds is 4. The summed E-state index contributed by atoms with van der Waals surface area (Å²) >= 11 is 5.78. The van der Waals surface area contributed by atoms with E-state index in [-0.39, 0.29) is 18.2 Å². The summed E-state index contributed by atoms with van der Waals surface area (Å²) in [7, 11) is 0. The van der Waals surface area contributed by atoms with Gasteiger partial charge in [-0.15, -0.1) is 0 Å². The van der Waals surface area contributed by atoms with Gasteiger partial charge >= 0.3 is 0 Å². The highest BCUT2D eigenvalue weighted by atomic mass is 35.5. The lowest BCUT2D eigenvalue weighted by Gasteiger charge is -2.14. The fraction of sp³-hybridized carbons (Fsp3) is 0.429. The number of hydrogen-bond donors (Lipinski definition) is 1. The molecule has 1 N–H and O–H groups in total. The van der Waals surface area contributed by atoms with E-state index in [2.05, 4.69) is 5.32 Å². The smallest absolute Gasteiger partial charge is 0.232 e. The first-order valence-electron chi connectivity index (χ1n) is 6.44. The fourth-order valence-corrected chi connectivity index (χ4v) is 2.21. The van der Waals surface area contributed by atoms with Crippen LogP contribution in [0.2, 0.25) is 5.02 Å². The highest BCUT2D eigenvalue weighted by molar-refractivity contribution is 6.30. The molecule has 1 aliphatic rings. The Morgan fingerprint density at radius 1 is 1.16 bits per heavy atom. The standard InChI is InChI=1S/C14H17ClN2O2/c15-12-5-3-11(4-6-12)10-16-13(18)9-14(19)17-7-1-2-8-17/h3-6H,1-2,7-10H2,(H,16,18). The number of nitrogens with zero attached hydrogens (tertiary/aromatic N) is 1. The molecule has 2 rings (SSSR count). The number of carbonyl (C=O) groups excluding carboxylic acids is 2. The molecule has 0 spiro atoms. The first kappa shape index (κ1) is 13.9. The first-order chi connectivity index (χ1) is 9.15. The van der Waals surface area contributed by atoms with Gasteiger partial charge in [0.1, 0.15) is 6.42 Å². The van der Waals surface area contributed by atoms with Crippen LogP contribution in [0.1, 0.15) is 24.8 Å². The lowest BCUT2D eigenvalue weighted by atomic mass is 10.2. The minimum absolute atomic E-state index is 0.0619. The Balaban J connectivity index is 1.75. The monoisotopic (exact) mass is 280 g/mol. The molecule has 0 aromatic heterocycles. The van der Waals surface area contributed by atoms with Crippen molar-refractivity contribution < 1.29 is 9.59 Å². The highest BCUT2D eigenvalue weighted by Crippen LogP contribution is 2.10. The van der Waals surface area contributed by atoms with Crippen LogP contribution in [0.3, 0.4) is 0 Å². The van der Waals surface area contributed by atoms with Crippen LogP contribution >= 0.6 is 11.6 Å². The van der Waals surface area contributed by atoms with Crippen molar-refractivity contribution >= 4 is 23.4 Å². The Kier molecular flexibility index (Phi) is 4.80. The van der Waals surface area contributed by atoms with Gasteiger partial charge in [-0.05, 0) is 30.5 Å². The molecule has 0 saturated carbocycles. The Morgan fingerprint density at radius 2 is 1.79 bits per heavy atom. The summed E-state index contributed by atoms with van der Waals surface area (Å²) in [5.41, 5.74) is 0.964. The molecule has 0 bridgehead atoms. The highest BCUT2D eigenvalue weighted by Gasteiger charge is 2.20. The van der Waals surface area contributed by atoms with Gasteiger partial charge in [0.2, 0.25) is 11.8 Å². The van der Waals surface area contributed by atoms with Crippen LogP contribution in [0.4, 0.5) is 0 Å². The minimum Gasteiger partial charge on any atom is -0.352 e. The summed E-state index contributed by atoms with van der Waals surface area (Å²) in [6.07, 6.45) is 2.02. The number of likely N-dealkylation sites (tertiary alicyclic amines) is 1. The lowest BCUT2D eigenvalue weighted by Crippen LogP contribution is -2.33. The Morgan fingerprint density at radius 3 is 2.42 bits per heavy atom. The number of nitrogens with one attached hydrogen (secondary N) is 1. The van der Waals surface area contributed by atoms with Gasteiger partial charge in [-0.2, -0.15) is 0 Å². The molecule has 5 heteroatoms. The molecule has 0 radical (unpaired) electrons. The molecule has 2 amide bonds. The second kappa shape index (κ2) is 6.57. The molecular formula is C14H17ClN2O2. The van der Waals surface area contributed by atoms with Crippen molar-refractivity contribution in [3.63, 3.8) is 0 Å². The van der Waals surface area contributed by atoms with Crippen LogP contribution in [-0.2, 0) is 16.1 Å². The largest absolute Gasteiger partial charge is 0.352 e. The Labute approximate surface area is 117 Å². The third-order valence-corrected chi connectivity index (χ3v) is 3.43. The molecule has 0 atom stereocenters. The number of amides is 2. The van der Waals surface area contributed by atoms with E-state index in [1.54, 1.807) is 17.0 Å². The average molecular weight is 281 g/mol. The van der Waals surface area contributed by atoms with Crippen molar-refractivity contribution in [2.75, 3.05) is 13.1 Å². The van der Waals surface area contributed by atoms with E-state index in [0.717, 1.165) is 31.5 Å². The average Bonchev–Trinajstić information content (AvgIpc) is 2.92. The molecule has 1 heterocycles. The van der Waals surface area contributed by atoms with Crippen molar-refractivity contribution in [1.29, 1.82) is 0 Å². The number of hydrogen-bond acceptors (Lipinski definition) is 2. The molecule has 1 aromatic carbocycles. The SMILES string of the molecule is O=C(CC(=O)N1CCCC1)NCc1ccc(Cl)cc1. The summed E-state index contributed by atoms with van der Waals surface area (Å²) in [5.74, 6) is -0.307. The third-order valence-electron chi connectivity index (χ3n) is 3.17. The number of benzene rings is 1. The molecular weight excluding hydrogens is 264 g/mol. The zero-order chi connectivity index (χ0) is 13.7. The van der Waals surface area contributed by atoms with Crippen molar-refractivity contribution in [3.8, 4) is 0 Å². The van der Waals surface area contributed by atoms with Crippen molar-refractivity contribution in [3.05, 3.63) is 34.9 Å². The Hall–Kier alpha value is -1.55. The zero-order valence-electron chi connectivity index (χ0n) is 10.7. The predicted octanol–water partition coefficient (Wildman–Crippen LogP) is 1.97. The maximum atomic E-state index is 11.8. The summed E-state index contributed by atoms with van der Waals surface area (Å²) in [5, 5.41) is 3.41. The topological polar surface area (TPSA) is 49.4 Å². The van der Waals surface area contributed by atoms with Crippen LogP contribution in [-0.4, -0.2) is 29.8 Å². The molecule has 0 aliphatic carbocycles. The molecule has 102 valence electrons. The van der Waals surface area contributed by atoms with Gasteiger partial charge in [0.25, 0.3) is 0 Å². The molecule has 1 aromatic rings. The van der Waals surface area contributed by atoms with Gasteiger partial charge in [-0.3, -0.25) is 9.59 Å². The summed E-state index contributed by atoms with van der Waals surface area (Å²) < 4.78 is 0. The van der Waals surface area contributed by atoms with Crippen LogP contribution in [0.25, 0.3) is 0 Å². The van der Waals surface area contributed by atoms with Crippen LogP contribution < -0.4 is 5.32 Å². The quantitative estimate of drug-likeness (QED) is 0.857. The van der Waals surface area contributed by atoms with Gasteiger partial charge in [0.15, 0.2) is 0 Å². The van der Waals surface area contributed by atoms with E-state index >= 15 is 0 Å².